The van der Waals surface area contributed by atoms with Crippen molar-refractivity contribution in [1.82, 2.24) is 15.1 Å². The minimum atomic E-state index is 0.742. The SMILES string of the molecule is Cc1nn(C)cc1CNCc1ccc(Br)c(Cl)c1. The summed E-state index contributed by atoms with van der Waals surface area (Å²) < 4.78 is 2.76. The third-order valence-electron chi connectivity index (χ3n) is 2.74. The summed E-state index contributed by atoms with van der Waals surface area (Å²) in [5, 5.41) is 8.45. The number of aromatic nitrogens is 2. The highest BCUT2D eigenvalue weighted by molar-refractivity contribution is 9.10. The fourth-order valence-electron chi connectivity index (χ4n) is 1.81. The molecule has 1 N–H and O–H groups in total. The third kappa shape index (κ3) is 3.34. The largest absolute Gasteiger partial charge is 0.308 e. The fraction of sp³-hybridized carbons (Fsp3) is 0.308. The number of nitrogens with zero attached hydrogens (tertiary/aromatic N) is 2. The summed E-state index contributed by atoms with van der Waals surface area (Å²) in [6, 6.07) is 5.99. The monoisotopic (exact) mass is 327 g/mol. The number of benzene rings is 1. The van der Waals surface area contributed by atoms with Crippen LogP contribution in [0.2, 0.25) is 5.02 Å². The molecule has 3 nitrogen and oxygen atoms in total. The first kappa shape index (κ1) is 13.6. The lowest BCUT2D eigenvalue weighted by Gasteiger charge is -2.05. The molecule has 2 aromatic rings. The number of nitrogens with one attached hydrogen (secondary N) is 1. The third-order valence-corrected chi connectivity index (χ3v) is 3.98. The van der Waals surface area contributed by atoms with E-state index in [4.69, 9.17) is 11.6 Å². The molecule has 0 saturated carbocycles. The maximum absolute atomic E-state index is 6.05. The Labute approximate surface area is 120 Å². The first-order chi connectivity index (χ1) is 8.56. The van der Waals surface area contributed by atoms with Gasteiger partial charge in [-0.3, -0.25) is 4.68 Å². The predicted octanol–water partition coefficient (Wildman–Crippen LogP) is 3.43. The van der Waals surface area contributed by atoms with Gasteiger partial charge in [0, 0.05) is 36.4 Å². The smallest absolute Gasteiger partial charge is 0.0638 e. The first-order valence-corrected chi connectivity index (χ1v) is 6.87. The van der Waals surface area contributed by atoms with Crippen LogP contribution >= 0.6 is 27.5 Å². The molecule has 1 aromatic carbocycles. The molecule has 1 heterocycles. The van der Waals surface area contributed by atoms with E-state index >= 15 is 0 Å². The predicted molar refractivity (Wildman–Crippen MR) is 77.6 cm³/mol. The molecule has 0 fully saturated rings. The van der Waals surface area contributed by atoms with Crippen LogP contribution in [-0.2, 0) is 20.1 Å². The molecular weight excluding hydrogens is 314 g/mol. The Kier molecular flexibility index (Phi) is 4.43. The molecule has 2 rings (SSSR count). The second-order valence-corrected chi connectivity index (χ2v) is 5.53. The van der Waals surface area contributed by atoms with Gasteiger partial charge in [-0.1, -0.05) is 17.7 Å². The lowest BCUT2D eigenvalue weighted by atomic mass is 10.2. The fourth-order valence-corrected chi connectivity index (χ4v) is 2.26. The Morgan fingerprint density at radius 3 is 2.78 bits per heavy atom. The Morgan fingerprint density at radius 1 is 1.39 bits per heavy atom. The van der Waals surface area contributed by atoms with Crippen molar-refractivity contribution in [3.63, 3.8) is 0 Å². The Bertz CT molecular complexity index is 551. The summed E-state index contributed by atoms with van der Waals surface area (Å²) in [5.74, 6) is 0. The summed E-state index contributed by atoms with van der Waals surface area (Å²) in [7, 11) is 1.94. The lowest BCUT2D eigenvalue weighted by Crippen LogP contribution is -2.12. The van der Waals surface area contributed by atoms with Crippen molar-refractivity contribution in [3.8, 4) is 0 Å². The quantitative estimate of drug-likeness (QED) is 0.932. The summed E-state index contributed by atoms with van der Waals surface area (Å²) in [4.78, 5) is 0. The molecule has 0 aliphatic rings. The normalized spacial score (nSPS) is 10.9. The second-order valence-electron chi connectivity index (χ2n) is 4.27. The molecule has 0 radical (unpaired) electrons. The van der Waals surface area contributed by atoms with Gasteiger partial charge in [-0.15, -0.1) is 0 Å². The van der Waals surface area contributed by atoms with Crippen molar-refractivity contribution in [3.05, 3.63) is 50.7 Å². The van der Waals surface area contributed by atoms with E-state index in [-0.39, 0.29) is 0 Å². The minimum Gasteiger partial charge on any atom is -0.308 e. The standard InChI is InChI=1S/C13H15BrClN3/c1-9-11(8-18(2)17-9)7-16-6-10-3-4-12(14)13(15)5-10/h3-5,8,16H,6-7H2,1-2H3. The van der Waals surface area contributed by atoms with E-state index in [1.807, 2.05) is 37.0 Å². The Balaban J connectivity index is 1.92. The van der Waals surface area contributed by atoms with Crippen LogP contribution in [0.15, 0.2) is 28.9 Å². The molecule has 1 aromatic heterocycles. The molecule has 0 unspecified atom stereocenters. The van der Waals surface area contributed by atoms with E-state index in [2.05, 4.69) is 32.4 Å². The molecule has 0 saturated heterocycles. The average Bonchev–Trinajstić information content (AvgIpc) is 2.63. The minimum absolute atomic E-state index is 0.742. The molecular formula is C13H15BrClN3. The van der Waals surface area contributed by atoms with E-state index in [1.54, 1.807) is 0 Å². The van der Waals surface area contributed by atoms with Gasteiger partial charge in [-0.05, 0) is 40.5 Å². The van der Waals surface area contributed by atoms with Crippen molar-refractivity contribution in [1.29, 1.82) is 0 Å². The maximum Gasteiger partial charge on any atom is 0.0638 e. The highest BCUT2D eigenvalue weighted by atomic mass is 79.9. The molecule has 0 aliphatic carbocycles. The van der Waals surface area contributed by atoms with Crippen LogP contribution in [-0.4, -0.2) is 9.78 Å². The summed E-state index contributed by atoms with van der Waals surface area (Å²) in [6.07, 6.45) is 2.04. The average molecular weight is 329 g/mol. The van der Waals surface area contributed by atoms with Crippen molar-refractivity contribution < 1.29 is 0 Å². The van der Waals surface area contributed by atoms with Crippen molar-refractivity contribution >= 4 is 27.5 Å². The zero-order valence-electron chi connectivity index (χ0n) is 10.4. The molecule has 0 aliphatic heterocycles. The van der Waals surface area contributed by atoms with Crippen LogP contribution < -0.4 is 5.32 Å². The van der Waals surface area contributed by atoms with Crippen LogP contribution in [0, 0.1) is 6.92 Å². The van der Waals surface area contributed by atoms with Crippen LogP contribution in [0.5, 0.6) is 0 Å². The number of halogens is 2. The van der Waals surface area contributed by atoms with Gasteiger partial charge in [-0.25, -0.2) is 0 Å². The van der Waals surface area contributed by atoms with Gasteiger partial charge in [0.05, 0.1) is 10.7 Å². The molecule has 0 amide bonds. The maximum atomic E-state index is 6.05. The van der Waals surface area contributed by atoms with Gasteiger partial charge in [0.2, 0.25) is 0 Å². The van der Waals surface area contributed by atoms with Gasteiger partial charge in [0.1, 0.15) is 0 Å². The second kappa shape index (κ2) is 5.87. The molecule has 0 atom stereocenters. The van der Waals surface area contributed by atoms with Gasteiger partial charge in [0.25, 0.3) is 0 Å². The van der Waals surface area contributed by atoms with Crippen molar-refractivity contribution in [2.45, 2.75) is 20.0 Å². The molecule has 0 spiro atoms. The summed E-state index contributed by atoms with van der Waals surface area (Å²) in [6.45, 7) is 3.63. The van der Waals surface area contributed by atoms with E-state index in [0.717, 1.165) is 28.3 Å². The van der Waals surface area contributed by atoms with Crippen LogP contribution in [0.25, 0.3) is 0 Å². The summed E-state index contributed by atoms with van der Waals surface area (Å²) >= 11 is 9.43. The molecule has 0 bridgehead atoms. The van der Waals surface area contributed by atoms with Crippen LogP contribution in [0.1, 0.15) is 16.8 Å². The lowest BCUT2D eigenvalue weighted by molar-refractivity contribution is 0.690. The molecule has 18 heavy (non-hydrogen) atoms. The van der Waals surface area contributed by atoms with Crippen LogP contribution in [0.4, 0.5) is 0 Å². The summed E-state index contributed by atoms with van der Waals surface area (Å²) in [5.41, 5.74) is 3.46. The van der Waals surface area contributed by atoms with Crippen molar-refractivity contribution in [2.75, 3.05) is 0 Å². The Morgan fingerprint density at radius 2 is 2.17 bits per heavy atom. The van der Waals surface area contributed by atoms with Gasteiger partial charge < -0.3 is 5.32 Å². The van der Waals surface area contributed by atoms with Gasteiger partial charge in [-0.2, -0.15) is 5.10 Å². The first-order valence-electron chi connectivity index (χ1n) is 5.70. The molecule has 5 heteroatoms. The van der Waals surface area contributed by atoms with E-state index in [9.17, 15) is 0 Å². The topological polar surface area (TPSA) is 29.9 Å². The highest BCUT2D eigenvalue weighted by Crippen LogP contribution is 2.23. The van der Waals surface area contributed by atoms with Gasteiger partial charge >= 0.3 is 0 Å². The number of hydrogen-bond acceptors (Lipinski definition) is 2. The van der Waals surface area contributed by atoms with Crippen LogP contribution in [0.3, 0.4) is 0 Å². The van der Waals surface area contributed by atoms with E-state index < -0.39 is 0 Å². The highest BCUT2D eigenvalue weighted by Gasteiger charge is 2.03. The zero-order chi connectivity index (χ0) is 13.1. The molecule has 96 valence electrons. The number of rotatable bonds is 4. The van der Waals surface area contributed by atoms with Crippen molar-refractivity contribution in [2.24, 2.45) is 7.05 Å². The number of aryl methyl sites for hydroxylation is 2. The zero-order valence-corrected chi connectivity index (χ0v) is 12.7. The van der Waals surface area contributed by atoms with Gasteiger partial charge in [0.15, 0.2) is 0 Å². The van der Waals surface area contributed by atoms with E-state index in [0.29, 0.717) is 0 Å². The van der Waals surface area contributed by atoms with E-state index in [1.165, 1.54) is 11.1 Å². The number of hydrogen-bond donors (Lipinski definition) is 1. The Hall–Kier alpha value is -0.840.